The summed E-state index contributed by atoms with van der Waals surface area (Å²) in [6.07, 6.45) is 9.57. The summed E-state index contributed by atoms with van der Waals surface area (Å²) >= 11 is 0. The zero-order valence-electron chi connectivity index (χ0n) is 18.3. The smallest absolute Gasteiger partial charge is 0.303 e. The van der Waals surface area contributed by atoms with Crippen LogP contribution in [0, 0.1) is 23.2 Å². The summed E-state index contributed by atoms with van der Waals surface area (Å²) in [5.74, 6) is 0.519. The Balaban J connectivity index is 1.69. The van der Waals surface area contributed by atoms with Gasteiger partial charge in [0.15, 0.2) is 0 Å². The van der Waals surface area contributed by atoms with Gasteiger partial charge in [-0.25, -0.2) is 13.1 Å². The van der Waals surface area contributed by atoms with Crippen LogP contribution in [0.3, 0.4) is 0 Å². The first-order chi connectivity index (χ1) is 14.1. The number of unbranched alkanes of at least 4 members (excludes halogenated alkanes) is 1. The molecule has 0 aromatic heterocycles. The Kier molecular flexibility index (Phi) is 7.08. The van der Waals surface area contributed by atoms with Crippen LogP contribution in [0.2, 0.25) is 0 Å². The summed E-state index contributed by atoms with van der Waals surface area (Å²) in [6.45, 7) is 6.58. The summed E-state index contributed by atoms with van der Waals surface area (Å²) in [5.41, 5.74) is 1.29. The number of aliphatic carboxylic acids is 1. The molecule has 2 bridgehead atoms. The molecule has 166 valence electrons. The topological polar surface area (TPSA) is 83.5 Å². The summed E-state index contributed by atoms with van der Waals surface area (Å²) in [4.78, 5) is 11.0. The minimum atomic E-state index is -3.56. The number of carboxylic acid groups (broad SMARTS) is 1. The van der Waals surface area contributed by atoms with Gasteiger partial charge in [0.1, 0.15) is 0 Å². The molecule has 3 aliphatic carbocycles. The van der Waals surface area contributed by atoms with E-state index in [2.05, 4.69) is 31.6 Å². The maximum Gasteiger partial charge on any atom is 0.303 e. The van der Waals surface area contributed by atoms with Crippen LogP contribution >= 0.6 is 0 Å². The number of allylic oxidation sites excluding steroid dienone is 2. The van der Waals surface area contributed by atoms with Gasteiger partial charge in [0, 0.05) is 12.5 Å². The van der Waals surface area contributed by atoms with Crippen molar-refractivity contribution in [3.05, 3.63) is 42.0 Å². The van der Waals surface area contributed by atoms with E-state index < -0.39 is 16.0 Å². The molecule has 0 spiro atoms. The molecule has 4 unspecified atom stereocenters. The molecule has 4 rings (SSSR count). The van der Waals surface area contributed by atoms with Gasteiger partial charge in [-0.05, 0) is 79.4 Å². The van der Waals surface area contributed by atoms with Gasteiger partial charge in [-0.1, -0.05) is 45.1 Å². The van der Waals surface area contributed by atoms with Gasteiger partial charge in [0.25, 0.3) is 0 Å². The first-order valence-electron chi connectivity index (χ1n) is 11.1. The van der Waals surface area contributed by atoms with E-state index in [4.69, 9.17) is 5.11 Å². The Morgan fingerprint density at radius 3 is 2.50 bits per heavy atom. The number of benzene rings is 1. The third-order valence-electron chi connectivity index (χ3n) is 7.38. The zero-order chi connectivity index (χ0) is 21.9. The van der Waals surface area contributed by atoms with E-state index in [9.17, 15) is 13.2 Å². The number of sulfonamides is 1. The van der Waals surface area contributed by atoms with E-state index in [1.165, 1.54) is 0 Å². The highest BCUT2D eigenvalue weighted by Crippen LogP contribution is 2.61. The lowest BCUT2D eigenvalue weighted by atomic mass is 9.45. The number of fused-ring (bicyclic) bond motifs is 2. The largest absolute Gasteiger partial charge is 0.481 e. The second kappa shape index (κ2) is 9.23. The van der Waals surface area contributed by atoms with Crippen LogP contribution in [0.25, 0.3) is 0 Å². The lowest BCUT2D eigenvalue weighted by molar-refractivity contribution is -0.137. The predicted molar refractivity (Wildman–Crippen MR) is 119 cm³/mol. The molecule has 0 aliphatic heterocycles. The number of nitrogens with one attached hydrogen (secondary N) is 1. The Labute approximate surface area is 181 Å². The van der Waals surface area contributed by atoms with Crippen molar-refractivity contribution in [2.75, 3.05) is 0 Å². The maximum atomic E-state index is 13.1. The van der Waals surface area contributed by atoms with Crippen molar-refractivity contribution < 1.29 is 18.3 Å². The molecule has 0 amide bonds. The SMILES string of the molecule is CCc1ccc(S(=O)(=O)NC2C(CC=CCCCC(=O)O)CC3CC2C3(C)C)cc1. The van der Waals surface area contributed by atoms with E-state index in [0.717, 1.165) is 37.7 Å². The van der Waals surface area contributed by atoms with E-state index in [1.807, 2.05) is 18.2 Å². The molecule has 3 aliphatic rings. The number of hydrogen-bond acceptors (Lipinski definition) is 3. The predicted octanol–water partition coefficient (Wildman–Crippen LogP) is 4.78. The first kappa shape index (κ1) is 23.0. The molecule has 2 N–H and O–H groups in total. The van der Waals surface area contributed by atoms with E-state index in [1.54, 1.807) is 12.1 Å². The van der Waals surface area contributed by atoms with Crippen LogP contribution in [-0.4, -0.2) is 25.5 Å². The normalized spacial score (nSPS) is 27.7. The Hall–Kier alpha value is -1.66. The number of rotatable bonds is 10. The van der Waals surface area contributed by atoms with Crippen LogP contribution < -0.4 is 4.72 Å². The van der Waals surface area contributed by atoms with Crippen molar-refractivity contribution in [1.82, 2.24) is 4.72 Å². The van der Waals surface area contributed by atoms with E-state index in [0.29, 0.717) is 23.2 Å². The molecule has 0 radical (unpaired) electrons. The lowest BCUT2D eigenvalue weighted by Gasteiger charge is -2.62. The minimum Gasteiger partial charge on any atom is -0.481 e. The van der Waals surface area contributed by atoms with E-state index >= 15 is 0 Å². The highest BCUT2D eigenvalue weighted by molar-refractivity contribution is 7.89. The second-order valence-electron chi connectivity index (χ2n) is 9.49. The molecule has 3 saturated carbocycles. The lowest BCUT2D eigenvalue weighted by Crippen LogP contribution is -2.63. The molecule has 6 heteroatoms. The van der Waals surface area contributed by atoms with Crippen LogP contribution in [0.5, 0.6) is 0 Å². The molecule has 5 nitrogen and oxygen atoms in total. The summed E-state index contributed by atoms with van der Waals surface area (Å²) in [6, 6.07) is 7.11. The maximum absolute atomic E-state index is 13.1. The zero-order valence-corrected chi connectivity index (χ0v) is 19.1. The molecule has 1 aromatic rings. The van der Waals surface area contributed by atoms with Crippen LogP contribution in [-0.2, 0) is 21.2 Å². The fourth-order valence-electron chi connectivity index (χ4n) is 5.24. The minimum absolute atomic E-state index is 0.0653. The molecule has 1 aromatic carbocycles. The Morgan fingerprint density at radius 1 is 1.20 bits per heavy atom. The number of carbonyl (C=O) groups is 1. The highest BCUT2D eigenvalue weighted by Gasteiger charge is 2.58. The monoisotopic (exact) mass is 433 g/mol. The van der Waals surface area contributed by atoms with Crippen LogP contribution in [0.1, 0.15) is 64.9 Å². The molecular weight excluding hydrogens is 398 g/mol. The molecule has 30 heavy (non-hydrogen) atoms. The van der Waals surface area contributed by atoms with Crippen molar-refractivity contribution in [3.8, 4) is 0 Å². The molecular formula is C24H35NO4S. The summed E-state index contributed by atoms with van der Waals surface area (Å²) < 4.78 is 29.3. The first-order valence-corrected chi connectivity index (χ1v) is 12.6. The molecule has 4 atom stereocenters. The van der Waals surface area contributed by atoms with E-state index in [-0.39, 0.29) is 23.8 Å². The van der Waals surface area contributed by atoms with Gasteiger partial charge in [-0.15, -0.1) is 0 Å². The fourth-order valence-corrected chi connectivity index (χ4v) is 6.58. The van der Waals surface area contributed by atoms with Gasteiger partial charge in [-0.3, -0.25) is 4.79 Å². The van der Waals surface area contributed by atoms with Gasteiger partial charge in [0.05, 0.1) is 4.90 Å². The van der Waals surface area contributed by atoms with Crippen molar-refractivity contribution in [2.45, 2.75) is 76.7 Å². The van der Waals surface area contributed by atoms with Crippen molar-refractivity contribution >= 4 is 16.0 Å². The third-order valence-corrected chi connectivity index (χ3v) is 8.85. The van der Waals surface area contributed by atoms with Crippen LogP contribution in [0.4, 0.5) is 0 Å². The second-order valence-corrected chi connectivity index (χ2v) is 11.2. The van der Waals surface area contributed by atoms with Gasteiger partial charge in [0.2, 0.25) is 10.0 Å². The Morgan fingerprint density at radius 2 is 1.90 bits per heavy atom. The molecule has 3 fully saturated rings. The molecule has 0 heterocycles. The van der Waals surface area contributed by atoms with Crippen LogP contribution in [0.15, 0.2) is 41.3 Å². The average Bonchev–Trinajstić information content (AvgIpc) is 2.70. The standard InChI is InChI=1S/C24H35NO4S/c1-4-17-11-13-20(14-12-17)30(28,29)25-23-18(9-7-5-6-8-10-22(26)27)15-19-16-21(23)24(19,2)3/h5,7,11-14,18-19,21,23,25H,4,6,8-10,15-16H2,1-3H3,(H,26,27). The summed E-state index contributed by atoms with van der Waals surface area (Å²) in [5, 5.41) is 8.73. The van der Waals surface area contributed by atoms with Crippen molar-refractivity contribution in [3.63, 3.8) is 0 Å². The number of aryl methyl sites for hydroxylation is 1. The Bertz CT molecular complexity index is 873. The third kappa shape index (κ3) is 4.97. The van der Waals surface area contributed by atoms with Gasteiger partial charge < -0.3 is 5.11 Å². The highest BCUT2D eigenvalue weighted by atomic mass is 32.2. The number of hydrogen-bond donors (Lipinski definition) is 2. The number of carboxylic acids is 1. The average molecular weight is 434 g/mol. The molecule has 0 saturated heterocycles. The van der Waals surface area contributed by atoms with Crippen molar-refractivity contribution in [1.29, 1.82) is 0 Å². The quantitative estimate of drug-likeness (QED) is 0.411. The fraction of sp³-hybridized carbons (Fsp3) is 0.625. The van der Waals surface area contributed by atoms with Gasteiger partial charge >= 0.3 is 5.97 Å². The van der Waals surface area contributed by atoms with Crippen molar-refractivity contribution in [2.24, 2.45) is 23.2 Å². The van der Waals surface area contributed by atoms with Gasteiger partial charge in [-0.2, -0.15) is 0 Å². The summed E-state index contributed by atoms with van der Waals surface area (Å²) in [7, 11) is -3.56.